The third kappa shape index (κ3) is 3.58. The van der Waals surface area contributed by atoms with Gasteiger partial charge in [0, 0.05) is 17.3 Å². The maximum Gasteiger partial charge on any atom is 0.283 e. The molecule has 3 rings (SSSR count). The Morgan fingerprint density at radius 1 is 1.38 bits per heavy atom. The number of fused-ring (bicyclic) bond motifs is 1. The number of carbonyl (C=O) groups excluding carboxylic acids is 1. The average Bonchev–Trinajstić information content (AvgIpc) is 3.01. The SMILES string of the molecule is COC1=C/C(=C\c2c(N)n3c(SCC(C)C)nsc3nc2=O)C=CC1=O. The van der Waals surface area contributed by atoms with Crippen LogP contribution in [0.4, 0.5) is 5.82 Å². The smallest absolute Gasteiger partial charge is 0.283 e. The molecule has 0 amide bonds. The van der Waals surface area contributed by atoms with Gasteiger partial charge < -0.3 is 10.5 Å². The summed E-state index contributed by atoms with van der Waals surface area (Å²) in [5, 5.41) is 0.714. The van der Waals surface area contributed by atoms with Crippen molar-refractivity contribution in [2.24, 2.45) is 5.92 Å². The number of hydrogen-bond donors (Lipinski definition) is 1. The van der Waals surface area contributed by atoms with Gasteiger partial charge in [-0.3, -0.25) is 9.59 Å². The van der Waals surface area contributed by atoms with Crippen LogP contribution in [0, 0.1) is 5.92 Å². The first-order valence-corrected chi connectivity index (χ1v) is 9.67. The molecule has 0 aliphatic heterocycles. The van der Waals surface area contributed by atoms with E-state index < -0.39 is 5.56 Å². The van der Waals surface area contributed by atoms with E-state index in [0.29, 0.717) is 21.6 Å². The number of rotatable bonds is 5. The van der Waals surface area contributed by atoms with Crippen molar-refractivity contribution in [1.82, 2.24) is 13.8 Å². The Hall–Kier alpha value is -2.39. The lowest BCUT2D eigenvalue weighted by Gasteiger charge is -2.09. The molecule has 1 aliphatic carbocycles. The van der Waals surface area contributed by atoms with Crippen LogP contribution >= 0.6 is 23.3 Å². The van der Waals surface area contributed by atoms with E-state index in [9.17, 15) is 9.59 Å². The zero-order valence-electron chi connectivity index (χ0n) is 14.6. The minimum absolute atomic E-state index is 0.205. The second-order valence-electron chi connectivity index (χ2n) is 6.06. The highest BCUT2D eigenvalue weighted by Crippen LogP contribution is 2.26. The van der Waals surface area contributed by atoms with Gasteiger partial charge in [-0.05, 0) is 29.7 Å². The van der Waals surface area contributed by atoms with Gasteiger partial charge in [-0.25, -0.2) is 4.40 Å². The van der Waals surface area contributed by atoms with E-state index in [4.69, 9.17) is 10.5 Å². The molecule has 0 radical (unpaired) electrons. The quantitative estimate of drug-likeness (QED) is 0.783. The summed E-state index contributed by atoms with van der Waals surface area (Å²) in [6.07, 6.45) is 6.17. The molecule has 0 atom stereocenters. The summed E-state index contributed by atoms with van der Waals surface area (Å²) in [7, 11) is 1.42. The van der Waals surface area contributed by atoms with Gasteiger partial charge in [-0.2, -0.15) is 9.36 Å². The number of aromatic nitrogens is 3. The molecule has 9 heteroatoms. The molecule has 0 fully saturated rings. The molecular formula is C17H18N4O3S2. The van der Waals surface area contributed by atoms with Crippen LogP contribution in [-0.2, 0) is 9.53 Å². The molecule has 0 spiro atoms. The second kappa shape index (κ2) is 7.46. The number of allylic oxidation sites excluding steroid dienone is 4. The summed E-state index contributed by atoms with van der Waals surface area (Å²) in [5.74, 6) is 1.64. The van der Waals surface area contributed by atoms with Crippen LogP contribution in [0.25, 0.3) is 11.0 Å². The van der Waals surface area contributed by atoms with Gasteiger partial charge in [-0.15, -0.1) is 0 Å². The van der Waals surface area contributed by atoms with Gasteiger partial charge in [0.05, 0.1) is 12.7 Å². The number of nitrogens with two attached hydrogens (primary N) is 1. The molecule has 2 N–H and O–H groups in total. The summed E-state index contributed by atoms with van der Waals surface area (Å²) in [4.78, 5) is 28.6. The maximum atomic E-state index is 12.4. The molecule has 0 bridgehead atoms. The Kier molecular flexibility index (Phi) is 5.28. The highest BCUT2D eigenvalue weighted by Gasteiger charge is 2.17. The van der Waals surface area contributed by atoms with Crippen LogP contribution in [0.15, 0.2) is 39.5 Å². The molecule has 1 aliphatic rings. The maximum absolute atomic E-state index is 12.4. The minimum Gasteiger partial charge on any atom is -0.493 e. The molecule has 2 aromatic rings. The number of ether oxygens (including phenoxy) is 1. The zero-order valence-corrected chi connectivity index (χ0v) is 16.2. The topological polar surface area (TPSA) is 99.6 Å². The summed E-state index contributed by atoms with van der Waals surface area (Å²) in [5.41, 5.74) is 6.73. The van der Waals surface area contributed by atoms with E-state index in [0.717, 1.165) is 17.3 Å². The number of nitrogens with zero attached hydrogens (tertiary/aromatic N) is 3. The fraction of sp³-hybridized carbons (Fsp3) is 0.294. The van der Waals surface area contributed by atoms with E-state index in [-0.39, 0.29) is 22.9 Å². The highest BCUT2D eigenvalue weighted by molar-refractivity contribution is 7.99. The van der Waals surface area contributed by atoms with Crippen LogP contribution in [0.1, 0.15) is 19.4 Å². The molecule has 26 heavy (non-hydrogen) atoms. The predicted octanol–water partition coefficient (Wildman–Crippen LogP) is 2.53. The Morgan fingerprint density at radius 3 is 2.85 bits per heavy atom. The summed E-state index contributed by atoms with van der Waals surface area (Å²) < 4.78 is 11.1. The Bertz CT molecular complexity index is 1010. The molecule has 0 saturated carbocycles. The molecule has 0 saturated heterocycles. The molecule has 2 heterocycles. The van der Waals surface area contributed by atoms with Gasteiger partial charge in [0.15, 0.2) is 10.9 Å². The van der Waals surface area contributed by atoms with Crippen LogP contribution in [0.2, 0.25) is 0 Å². The first-order valence-electron chi connectivity index (χ1n) is 7.91. The fourth-order valence-corrected chi connectivity index (χ4v) is 4.11. The standard InChI is InChI=1S/C17H18N4O3S2/c1-9(2)8-25-17-20-26-16-19-15(23)11(14(18)21(16)17)6-10-4-5-12(22)13(7-10)24-3/h4-7,9H,8,18H2,1-3H3/b10-6-. The third-order valence-electron chi connectivity index (χ3n) is 3.58. The lowest BCUT2D eigenvalue weighted by Crippen LogP contribution is -2.17. The van der Waals surface area contributed by atoms with Crippen molar-refractivity contribution in [3.63, 3.8) is 0 Å². The number of ketones is 1. The first-order chi connectivity index (χ1) is 12.4. The Balaban J connectivity index is 2.09. The Labute approximate surface area is 158 Å². The summed E-state index contributed by atoms with van der Waals surface area (Å²) in [6, 6.07) is 0. The fourth-order valence-electron chi connectivity index (χ4n) is 2.31. The van der Waals surface area contributed by atoms with Gasteiger partial charge in [0.1, 0.15) is 5.82 Å². The zero-order chi connectivity index (χ0) is 18.8. The minimum atomic E-state index is -0.434. The number of methoxy groups -OCH3 is 1. The van der Waals surface area contributed by atoms with Crippen LogP contribution in [0.5, 0.6) is 0 Å². The van der Waals surface area contributed by atoms with Crippen LogP contribution in [-0.4, -0.2) is 32.4 Å². The second-order valence-corrected chi connectivity index (χ2v) is 7.78. The normalized spacial score (nSPS) is 15.9. The number of thioether (sulfide) groups is 1. The van der Waals surface area contributed by atoms with Crippen molar-refractivity contribution >= 4 is 45.9 Å². The lowest BCUT2D eigenvalue weighted by atomic mass is 10.0. The molecule has 2 aromatic heterocycles. The predicted molar refractivity (Wildman–Crippen MR) is 104 cm³/mol. The summed E-state index contributed by atoms with van der Waals surface area (Å²) >= 11 is 2.72. The number of hydrogen-bond acceptors (Lipinski definition) is 8. The third-order valence-corrected chi connectivity index (χ3v) is 5.76. The van der Waals surface area contributed by atoms with Crippen molar-refractivity contribution in [1.29, 1.82) is 0 Å². The van der Waals surface area contributed by atoms with Crippen molar-refractivity contribution in [2.75, 3.05) is 18.6 Å². The van der Waals surface area contributed by atoms with E-state index >= 15 is 0 Å². The molecule has 136 valence electrons. The van der Waals surface area contributed by atoms with Crippen molar-refractivity contribution < 1.29 is 9.53 Å². The molecule has 0 unspecified atom stereocenters. The average molecular weight is 390 g/mol. The van der Waals surface area contributed by atoms with Gasteiger partial charge >= 0.3 is 0 Å². The van der Waals surface area contributed by atoms with E-state index in [1.807, 2.05) is 0 Å². The monoisotopic (exact) mass is 390 g/mol. The number of nitrogen functional groups attached to an aromatic ring is 1. The first kappa shape index (κ1) is 18.4. The van der Waals surface area contributed by atoms with Gasteiger partial charge in [0.2, 0.25) is 10.7 Å². The lowest BCUT2D eigenvalue weighted by molar-refractivity contribution is -0.114. The van der Waals surface area contributed by atoms with Crippen LogP contribution in [0.3, 0.4) is 0 Å². The molecular weight excluding hydrogens is 372 g/mol. The van der Waals surface area contributed by atoms with E-state index in [2.05, 4.69) is 23.2 Å². The van der Waals surface area contributed by atoms with E-state index in [1.54, 1.807) is 34.4 Å². The van der Waals surface area contributed by atoms with Crippen molar-refractivity contribution in [3.8, 4) is 0 Å². The van der Waals surface area contributed by atoms with Gasteiger partial charge in [-0.1, -0.05) is 31.7 Å². The van der Waals surface area contributed by atoms with Crippen molar-refractivity contribution in [3.05, 3.63) is 45.5 Å². The largest absolute Gasteiger partial charge is 0.493 e. The highest BCUT2D eigenvalue weighted by atomic mass is 32.2. The Morgan fingerprint density at radius 2 is 2.15 bits per heavy atom. The summed E-state index contributed by atoms with van der Waals surface area (Å²) in [6.45, 7) is 4.24. The number of anilines is 1. The van der Waals surface area contributed by atoms with E-state index in [1.165, 1.54) is 13.2 Å². The van der Waals surface area contributed by atoms with Gasteiger partial charge in [0.25, 0.3) is 5.56 Å². The number of carbonyl (C=O) groups is 1. The van der Waals surface area contributed by atoms with Crippen molar-refractivity contribution in [2.45, 2.75) is 19.0 Å². The molecule has 7 nitrogen and oxygen atoms in total. The van der Waals surface area contributed by atoms with Crippen LogP contribution < -0.4 is 11.3 Å². The molecule has 0 aromatic carbocycles.